The van der Waals surface area contributed by atoms with Gasteiger partial charge in [-0.2, -0.15) is 0 Å². The zero-order valence-corrected chi connectivity index (χ0v) is 5.53. The van der Waals surface area contributed by atoms with Gasteiger partial charge in [-0.1, -0.05) is 0 Å². The van der Waals surface area contributed by atoms with Gasteiger partial charge in [-0.3, -0.25) is 0 Å². The van der Waals surface area contributed by atoms with Crippen molar-refractivity contribution in [3.63, 3.8) is 0 Å². The Kier molecular flexibility index (Phi) is 2.59. The number of alkyl halides is 1. The molecule has 0 amide bonds. The van der Waals surface area contributed by atoms with Crippen molar-refractivity contribution in [2.75, 3.05) is 13.2 Å². The first-order valence-electron chi connectivity index (χ1n) is 3.30. The first-order chi connectivity index (χ1) is 4.75. The lowest BCUT2D eigenvalue weighted by atomic mass is 10.1. The average molecular weight is 150 g/mol. The summed E-state index contributed by atoms with van der Waals surface area (Å²) in [5.41, 5.74) is 0. The largest absolute Gasteiger partial charge is 0.396 e. The molecule has 0 bridgehead atoms. The number of rotatable bonds is 2. The fourth-order valence-corrected chi connectivity index (χ4v) is 1.03. The summed E-state index contributed by atoms with van der Waals surface area (Å²) >= 11 is 0. The molecule has 0 saturated carbocycles. The molecule has 0 aliphatic carbocycles. The second kappa shape index (κ2) is 3.27. The lowest BCUT2D eigenvalue weighted by Gasteiger charge is -2.11. The molecule has 3 nitrogen and oxygen atoms in total. The minimum atomic E-state index is -1.28. The van der Waals surface area contributed by atoms with Crippen LogP contribution in [0, 0.1) is 0 Å². The van der Waals surface area contributed by atoms with Gasteiger partial charge in [-0.05, 0) is 6.42 Å². The van der Waals surface area contributed by atoms with E-state index in [1.165, 1.54) is 0 Å². The predicted molar refractivity (Wildman–Crippen MR) is 32.3 cm³/mol. The predicted octanol–water partition coefficient (Wildman–Crippen LogP) is -0.533. The molecule has 1 fully saturated rings. The number of aliphatic hydroxyl groups excluding tert-OH is 2. The van der Waals surface area contributed by atoms with Crippen LogP contribution in [0.15, 0.2) is 0 Å². The van der Waals surface area contributed by atoms with Crippen molar-refractivity contribution in [2.45, 2.75) is 24.8 Å². The number of hydrogen-bond acceptors (Lipinski definition) is 3. The Morgan fingerprint density at radius 2 is 2.30 bits per heavy atom. The zero-order valence-electron chi connectivity index (χ0n) is 5.53. The van der Waals surface area contributed by atoms with E-state index >= 15 is 0 Å². The Morgan fingerprint density at radius 1 is 1.60 bits per heavy atom. The van der Waals surface area contributed by atoms with E-state index in [0.717, 1.165) is 0 Å². The maximum Gasteiger partial charge on any atom is 0.152 e. The fraction of sp³-hybridized carbons (Fsp3) is 1.00. The summed E-state index contributed by atoms with van der Waals surface area (Å²) in [4.78, 5) is 0. The highest BCUT2D eigenvalue weighted by molar-refractivity contribution is 4.82. The van der Waals surface area contributed by atoms with Crippen LogP contribution in [0.4, 0.5) is 4.39 Å². The van der Waals surface area contributed by atoms with Gasteiger partial charge in [0.05, 0.1) is 12.7 Å². The highest BCUT2D eigenvalue weighted by Gasteiger charge is 2.35. The van der Waals surface area contributed by atoms with E-state index in [0.29, 0.717) is 6.42 Å². The Bertz CT molecular complexity index is 107. The summed E-state index contributed by atoms with van der Waals surface area (Å²) in [6, 6.07) is 0. The molecule has 0 aromatic rings. The van der Waals surface area contributed by atoms with E-state index in [2.05, 4.69) is 0 Å². The third kappa shape index (κ3) is 1.45. The topological polar surface area (TPSA) is 49.7 Å². The molecule has 1 aliphatic heterocycles. The van der Waals surface area contributed by atoms with Crippen molar-refractivity contribution < 1.29 is 19.3 Å². The molecule has 4 heteroatoms. The fourth-order valence-electron chi connectivity index (χ4n) is 1.03. The van der Waals surface area contributed by atoms with Crippen molar-refractivity contribution in [1.29, 1.82) is 0 Å². The molecule has 0 spiro atoms. The zero-order chi connectivity index (χ0) is 7.56. The van der Waals surface area contributed by atoms with Crippen LogP contribution in [0.5, 0.6) is 0 Å². The molecule has 1 heterocycles. The highest BCUT2D eigenvalue weighted by Crippen LogP contribution is 2.18. The average Bonchev–Trinajstić information content (AvgIpc) is 2.20. The van der Waals surface area contributed by atoms with Gasteiger partial charge in [-0.25, -0.2) is 4.39 Å². The quantitative estimate of drug-likeness (QED) is 0.556. The van der Waals surface area contributed by atoms with E-state index in [-0.39, 0.29) is 13.2 Å². The summed E-state index contributed by atoms with van der Waals surface area (Å²) in [6.07, 6.45) is -2.54. The van der Waals surface area contributed by atoms with Crippen molar-refractivity contribution in [3.05, 3.63) is 0 Å². The molecule has 0 aromatic heterocycles. The third-order valence-corrected chi connectivity index (χ3v) is 1.63. The van der Waals surface area contributed by atoms with Crippen LogP contribution in [0.2, 0.25) is 0 Å². The van der Waals surface area contributed by atoms with E-state index < -0.39 is 18.4 Å². The summed E-state index contributed by atoms with van der Waals surface area (Å²) < 4.78 is 17.3. The van der Waals surface area contributed by atoms with Crippen LogP contribution in [0.25, 0.3) is 0 Å². The van der Waals surface area contributed by atoms with Gasteiger partial charge in [0.1, 0.15) is 6.10 Å². The second-order valence-electron chi connectivity index (χ2n) is 2.39. The highest BCUT2D eigenvalue weighted by atomic mass is 19.1. The monoisotopic (exact) mass is 150 g/mol. The Morgan fingerprint density at radius 3 is 2.70 bits per heavy atom. The Labute approximate surface area is 58.4 Å². The van der Waals surface area contributed by atoms with Crippen LogP contribution in [-0.4, -0.2) is 41.8 Å². The van der Waals surface area contributed by atoms with Crippen LogP contribution in [0.1, 0.15) is 6.42 Å². The number of aliphatic hydroxyl groups is 2. The van der Waals surface area contributed by atoms with Gasteiger partial charge in [0.25, 0.3) is 0 Å². The molecule has 1 saturated heterocycles. The first-order valence-corrected chi connectivity index (χ1v) is 3.30. The lowest BCUT2D eigenvalue weighted by Crippen LogP contribution is -2.27. The first kappa shape index (κ1) is 7.91. The SMILES string of the molecule is OCC[C@H]1OC[C@@H](F)[C@@H]1O. The molecule has 1 rings (SSSR count). The molecule has 60 valence electrons. The normalized spacial score (nSPS) is 40.5. The Hall–Kier alpha value is -0.190. The van der Waals surface area contributed by atoms with E-state index in [4.69, 9.17) is 14.9 Å². The molecular formula is C6H11FO3. The van der Waals surface area contributed by atoms with Crippen LogP contribution < -0.4 is 0 Å². The van der Waals surface area contributed by atoms with Gasteiger partial charge in [0, 0.05) is 6.61 Å². The molecule has 0 aromatic carbocycles. The minimum absolute atomic E-state index is 0.0498. The summed E-state index contributed by atoms with van der Waals surface area (Å²) in [5, 5.41) is 17.4. The van der Waals surface area contributed by atoms with Crippen molar-refractivity contribution in [1.82, 2.24) is 0 Å². The maximum absolute atomic E-state index is 12.4. The van der Waals surface area contributed by atoms with Crippen LogP contribution in [0.3, 0.4) is 0 Å². The summed E-state index contributed by atoms with van der Waals surface area (Å²) in [5.74, 6) is 0. The molecule has 10 heavy (non-hydrogen) atoms. The van der Waals surface area contributed by atoms with Crippen LogP contribution in [-0.2, 0) is 4.74 Å². The summed E-state index contributed by atoms with van der Waals surface area (Å²) in [6.45, 7) is -0.125. The van der Waals surface area contributed by atoms with Gasteiger partial charge in [0.15, 0.2) is 6.17 Å². The Balaban J connectivity index is 2.33. The number of ether oxygens (including phenoxy) is 1. The van der Waals surface area contributed by atoms with Gasteiger partial charge < -0.3 is 14.9 Å². The van der Waals surface area contributed by atoms with Crippen LogP contribution >= 0.6 is 0 Å². The molecule has 3 atom stereocenters. The van der Waals surface area contributed by atoms with E-state index in [1.807, 2.05) is 0 Å². The van der Waals surface area contributed by atoms with Gasteiger partial charge in [-0.15, -0.1) is 0 Å². The third-order valence-electron chi connectivity index (χ3n) is 1.63. The van der Waals surface area contributed by atoms with E-state index in [9.17, 15) is 4.39 Å². The standard InChI is InChI=1S/C6H11FO3/c7-4-3-10-5(1-2-8)6(4)9/h4-6,8-9H,1-3H2/t4-,5-,6+/m1/s1. The number of halogens is 1. The molecule has 1 aliphatic rings. The minimum Gasteiger partial charge on any atom is -0.396 e. The molecule has 0 unspecified atom stereocenters. The summed E-state index contributed by atoms with van der Waals surface area (Å²) in [7, 11) is 0. The maximum atomic E-state index is 12.4. The molecular weight excluding hydrogens is 139 g/mol. The van der Waals surface area contributed by atoms with Crippen molar-refractivity contribution >= 4 is 0 Å². The van der Waals surface area contributed by atoms with Crippen molar-refractivity contribution in [3.8, 4) is 0 Å². The molecule has 0 radical (unpaired) electrons. The molecule has 2 N–H and O–H groups in total. The van der Waals surface area contributed by atoms with Crippen molar-refractivity contribution in [2.24, 2.45) is 0 Å². The number of hydrogen-bond donors (Lipinski definition) is 2. The lowest BCUT2D eigenvalue weighted by molar-refractivity contribution is 0.0210. The smallest absolute Gasteiger partial charge is 0.152 e. The van der Waals surface area contributed by atoms with E-state index in [1.54, 1.807) is 0 Å². The van der Waals surface area contributed by atoms with Gasteiger partial charge in [0.2, 0.25) is 0 Å². The van der Waals surface area contributed by atoms with Gasteiger partial charge >= 0.3 is 0 Å². The second-order valence-corrected chi connectivity index (χ2v) is 2.39.